The lowest BCUT2D eigenvalue weighted by molar-refractivity contribution is -0.385. The number of para-hydroxylation sites is 1. The van der Waals surface area contributed by atoms with Gasteiger partial charge in [0.05, 0.1) is 40.7 Å². The highest BCUT2D eigenvalue weighted by Crippen LogP contribution is 2.46. The number of nitriles is 1. The zero-order valence-corrected chi connectivity index (χ0v) is 18.4. The van der Waals surface area contributed by atoms with E-state index in [1.807, 2.05) is 30.3 Å². The number of ether oxygens (including phenoxy) is 1. The van der Waals surface area contributed by atoms with Crippen LogP contribution in [-0.2, 0) is 20.9 Å². The Kier molecular flexibility index (Phi) is 7.28. The van der Waals surface area contributed by atoms with Crippen LogP contribution in [0.25, 0.3) is 0 Å². The minimum atomic E-state index is -1.41. The number of carbonyl (C=O) groups is 2. The Balaban J connectivity index is 2.25. The summed E-state index contributed by atoms with van der Waals surface area (Å²) in [5.74, 6) is -3.90. The molecule has 1 aliphatic heterocycles. The average Bonchev–Trinajstić information content (AvgIpc) is 2.80. The van der Waals surface area contributed by atoms with Crippen molar-refractivity contribution in [3.05, 3.63) is 86.4 Å². The van der Waals surface area contributed by atoms with E-state index < -0.39 is 28.6 Å². The van der Waals surface area contributed by atoms with Gasteiger partial charge in [-0.1, -0.05) is 48.5 Å². The van der Waals surface area contributed by atoms with Gasteiger partial charge in [0.2, 0.25) is 5.91 Å². The predicted octanol–water partition coefficient (Wildman–Crippen LogP) is 4.00. The summed E-state index contributed by atoms with van der Waals surface area (Å²) < 4.78 is 5.17. The molecule has 0 aliphatic carbocycles. The largest absolute Gasteiger partial charge is 0.465 e. The van der Waals surface area contributed by atoms with Gasteiger partial charge in [-0.05, 0) is 18.7 Å². The number of amides is 1. The molecule has 1 heterocycles. The van der Waals surface area contributed by atoms with E-state index in [1.165, 1.54) is 34.9 Å². The first-order chi connectivity index (χ1) is 15.4. The summed E-state index contributed by atoms with van der Waals surface area (Å²) in [7, 11) is 0. The third-order valence-corrected chi connectivity index (χ3v) is 5.99. The molecule has 2 atom stereocenters. The lowest BCUT2D eigenvalue weighted by atomic mass is 9.77. The number of nitro groups is 1. The molecule has 0 saturated heterocycles. The first kappa shape index (κ1) is 23.0. The zero-order valence-electron chi connectivity index (χ0n) is 17.6. The number of allylic oxidation sites excluding steroid dienone is 1. The summed E-state index contributed by atoms with van der Waals surface area (Å²) in [5, 5.41) is 22.1. The second-order valence-electron chi connectivity index (χ2n) is 6.97. The third kappa shape index (κ3) is 4.36. The van der Waals surface area contributed by atoms with Crippen LogP contribution in [0.15, 0.2) is 65.2 Å². The van der Waals surface area contributed by atoms with Crippen molar-refractivity contribution in [2.75, 3.05) is 12.9 Å². The molecule has 0 N–H and O–H groups in total. The highest BCUT2D eigenvalue weighted by atomic mass is 32.2. The molecule has 0 aromatic heterocycles. The van der Waals surface area contributed by atoms with E-state index in [0.717, 1.165) is 5.56 Å². The van der Waals surface area contributed by atoms with Gasteiger partial charge < -0.3 is 9.64 Å². The number of nitrogens with zero attached hydrogens (tertiary/aromatic N) is 3. The number of benzene rings is 2. The minimum Gasteiger partial charge on any atom is -0.465 e. The summed E-state index contributed by atoms with van der Waals surface area (Å²) in [6.45, 7) is 1.80. The molecule has 8 nitrogen and oxygen atoms in total. The van der Waals surface area contributed by atoms with Gasteiger partial charge in [0.15, 0.2) is 0 Å². The van der Waals surface area contributed by atoms with Crippen LogP contribution in [0.5, 0.6) is 0 Å². The van der Waals surface area contributed by atoms with Crippen LogP contribution in [0, 0.1) is 27.4 Å². The molecule has 3 rings (SSSR count). The molecule has 0 spiro atoms. The Labute approximate surface area is 189 Å². The molecule has 2 aromatic rings. The van der Waals surface area contributed by atoms with E-state index in [9.17, 15) is 25.0 Å². The fourth-order valence-corrected chi connectivity index (χ4v) is 4.60. The van der Waals surface area contributed by atoms with Crippen molar-refractivity contribution in [3.63, 3.8) is 0 Å². The maximum atomic E-state index is 13.6. The quantitative estimate of drug-likeness (QED) is 0.270. The Bertz CT molecular complexity index is 1110. The smallest absolute Gasteiger partial charge is 0.319 e. The second kappa shape index (κ2) is 10.1. The molecule has 0 fully saturated rings. The molecular formula is C23H21N3O5S. The molecule has 0 unspecified atom stereocenters. The van der Waals surface area contributed by atoms with Gasteiger partial charge >= 0.3 is 5.97 Å². The van der Waals surface area contributed by atoms with Crippen LogP contribution in [0.3, 0.4) is 0 Å². The van der Waals surface area contributed by atoms with Gasteiger partial charge in [0, 0.05) is 11.6 Å². The van der Waals surface area contributed by atoms with Crippen LogP contribution >= 0.6 is 11.8 Å². The molecule has 164 valence electrons. The fraction of sp³-hybridized carbons (Fsp3) is 0.261. The molecular weight excluding hydrogens is 430 g/mol. The standard InChI is InChI=1S/C23H21N3O5S/c1-3-31-23(28)20-19(16-11-7-8-12-18(16)26(29)30)17(13-24)22(32-2)25(21(20)27)14-15-9-5-4-6-10-15/h4-12,19-20H,3,14H2,1-2H3/t19-,20+/m1/s1. The van der Waals surface area contributed by atoms with E-state index in [1.54, 1.807) is 19.2 Å². The summed E-state index contributed by atoms with van der Waals surface area (Å²) in [4.78, 5) is 39.1. The highest BCUT2D eigenvalue weighted by molar-refractivity contribution is 8.02. The lowest BCUT2D eigenvalue weighted by Gasteiger charge is -2.37. The number of hydrogen-bond donors (Lipinski definition) is 0. The second-order valence-corrected chi connectivity index (χ2v) is 7.76. The Morgan fingerprint density at radius 1 is 1.22 bits per heavy atom. The van der Waals surface area contributed by atoms with Crippen LogP contribution in [-0.4, -0.2) is 34.6 Å². The highest BCUT2D eigenvalue weighted by Gasteiger charge is 2.49. The van der Waals surface area contributed by atoms with Gasteiger partial charge in [0.25, 0.3) is 5.69 Å². The maximum absolute atomic E-state index is 13.6. The molecule has 32 heavy (non-hydrogen) atoms. The van der Waals surface area contributed by atoms with Crippen molar-refractivity contribution in [2.45, 2.75) is 19.4 Å². The third-order valence-electron chi connectivity index (χ3n) is 5.16. The molecule has 1 aliphatic rings. The Morgan fingerprint density at radius 3 is 2.47 bits per heavy atom. The normalized spacial score (nSPS) is 18.3. The summed E-state index contributed by atoms with van der Waals surface area (Å²) in [5.41, 5.74) is 0.812. The molecule has 2 aromatic carbocycles. The van der Waals surface area contributed by atoms with Crippen molar-refractivity contribution in [2.24, 2.45) is 5.92 Å². The number of hydrogen-bond acceptors (Lipinski definition) is 7. The van der Waals surface area contributed by atoms with E-state index in [0.29, 0.717) is 5.03 Å². The molecule has 0 bridgehead atoms. The van der Waals surface area contributed by atoms with E-state index >= 15 is 0 Å². The fourth-order valence-electron chi connectivity index (χ4n) is 3.83. The van der Waals surface area contributed by atoms with E-state index in [4.69, 9.17) is 4.74 Å². The Hall–Kier alpha value is -3.64. The summed E-state index contributed by atoms with van der Waals surface area (Å²) in [6, 6.07) is 17.2. The van der Waals surface area contributed by atoms with Crippen LogP contribution < -0.4 is 0 Å². The molecule has 9 heteroatoms. The number of thioether (sulfide) groups is 1. The predicted molar refractivity (Wildman–Crippen MR) is 119 cm³/mol. The van der Waals surface area contributed by atoms with Crippen LogP contribution in [0.4, 0.5) is 5.69 Å². The van der Waals surface area contributed by atoms with Gasteiger partial charge in [-0.15, -0.1) is 11.8 Å². The Morgan fingerprint density at radius 2 is 1.88 bits per heavy atom. The first-order valence-corrected chi connectivity index (χ1v) is 11.1. The molecule has 0 radical (unpaired) electrons. The lowest BCUT2D eigenvalue weighted by Crippen LogP contribution is -2.46. The van der Waals surface area contributed by atoms with Crippen LogP contribution in [0.2, 0.25) is 0 Å². The molecule has 1 amide bonds. The van der Waals surface area contributed by atoms with Crippen molar-refractivity contribution in [3.8, 4) is 6.07 Å². The first-order valence-electron chi connectivity index (χ1n) is 9.88. The number of esters is 1. The number of rotatable bonds is 7. The van der Waals surface area contributed by atoms with Crippen molar-refractivity contribution in [1.29, 1.82) is 5.26 Å². The summed E-state index contributed by atoms with van der Waals surface area (Å²) in [6.07, 6.45) is 1.72. The summed E-state index contributed by atoms with van der Waals surface area (Å²) >= 11 is 1.19. The zero-order chi connectivity index (χ0) is 23.3. The van der Waals surface area contributed by atoms with Gasteiger partial charge in [-0.2, -0.15) is 5.26 Å². The average molecular weight is 452 g/mol. The topological polar surface area (TPSA) is 114 Å². The maximum Gasteiger partial charge on any atom is 0.319 e. The number of carbonyl (C=O) groups excluding carboxylic acids is 2. The van der Waals surface area contributed by atoms with Gasteiger partial charge in [0.1, 0.15) is 5.92 Å². The van der Waals surface area contributed by atoms with Crippen molar-refractivity contribution < 1.29 is 19.2 Å². The van der Waals surface area contributed by atoms with E-state index in [-0.39, 0.29) is 30.0 Å². The number of nitro benzene ring substituents is 1. The monoisotopic (exact) mass is 451 g/mol. The SMILES string of the molecule is CCOC(=O)[C@@H]1C(=O)N(Cc2ccccc2)C(SC)=C(C#N)[C@H]1c1ccccc1[N+](=O)[O-]. The van der Waals surface area contributed by atoms with Crippen molar-refractivity contribution in [1.82, 2.24) is 4.90 Å². The minimum absolute atomic E-state index is 0.0336. The van der Waals surface area contributed by atoms with Gasteiger partial charge in [-0.25, -0.2) is 0 Å². The van der Waals surface area contributed by atoms with Gasteiger partial charge in [-0.3, -0.25) is 19.7 Å². The van der Waals surface area contributed by atoms with E-state index in [2.05, 4.69) is 6.07 Å². The molecule has 0 saturated carbocycles. The van der Waals surface area contributed by atoms with Crippen LogP contribution in [0.1, 0.15) is 24.0 Å². The van der Waals surface area contributed by atoms with Crippen molar-refractivity contribution >= 4 is 29.3 Å².